The molecule has 24 heavy (non-hydrogen) atoms. The number of benzene rings is 1. The van der Waals surface area contributed by atoms with Crippen LogP contribution in [0.4, 0.5) is 0 Å². The number of hydrogen-bond donors (Lipinski definition) is 2. The molecule has 0 atom stereocenters. The van der Waals surface area contributed by atoms with Crippen molar-refractivity contribution in [2.75, 3.05) is 6.54 Å². The second-order valence-electron chi connectivity index (χ2n) is 6.47. The van der Waals surface area contributed by atoms with Crippen molar-refractivity contribution in [1.82, 2.24) is 15.1 Å². The van der Waals surface area contributed by atoms with Gasteiger partial charge in [-0.05, 0) is 39.3 Å². The number of nitrogens with one attached hydrogen (secondary N) is 1. The van der Waals surface area contributed by atoms with Crippen LogP contribution in [-0.4, -0.2) is 27.8 Å². The van der Waals surface area contributed by atoms with E-state index >= 15 is 0 Å². The second-order valence-corrected chi connectivity index (χ2v) is 6.87. The number of aryl methyl sites for hydroxylation is 1. The Balaban J connectivity index is 0.00000288. The molecule has 1 aromatic carbocycles. The van der Waals surface area contributed by atoms with Crippen LogP contribution in [0.5, 0.6) is 0 Å². The van der Waals surface area contributed by atoms with Crippen molar-refractivity contribution in [1.29, 1.82) is 0 Å². The first kappa shape index (κ1) is 20.5. The molecule has 1 amide bonds. The monoisotopic (exact) mass is 370 g/mol. The number of aromatic nitrogens is 2. The van der Waals surface area contributed by atoms with Crippen molar-refractivity contribution >= 4 is 29.9 Å². The largest absolute Gasteiger partial charge is 0.350 e. The zero-order valence-corrected chi connectivity index (χ0v) is 16.0. The maximum atomic E-state index is 12.4. The zero-order valence-electron chi connectivity index (χ0n) is 14.4. The molecule has 0 aliphatic carbocycles. The van der Waals surface area contributed by atoms with Crippen LogP contribution in [0.15, 0.2) is 24.3 Å². The van der Waals surface area contributed by atoms with E-state index in [0.29, 0.717) is 29.4 Å². The molecule has 132 valence electrons. The highest BCUT2D eigenvalue weighted by Crippen LogP contribution is 2.19. The van der Waals surface area contributed by atoms with E-state index in [0.717, 1.165) is 11.3 Å². The lowest BCUT2D eigenvalue weighted by atomic mass is 10.1. The van der Waals surface area contributed by atoms with Crippen LogP contribution in [0.1, 0.15) is 41.2 Å². The predicted molar refractivity (Wildman–Crippen MR) is 100 cm³/mol. The maximum Gasteiger partial charge on any atom is 0.255 e. The minimum atomic E-state index is -0.453. The van der Waals surface area contributed by atoms with Crippen molar-refractivity contribution in [3.8, 4) is 0 Å². The van der Waals surface area contributed by atoms with Gasteiger partial charge in [-0.15, -0.1) is 12.4 Å². The summed E-state index contributed by atoms with van der Waals surface area (Å²) in [6.45, 7) is 8.39. The molecule has 0 radical (unpaired) electrons. The molecule has 2 rings (SSSR count). The van der Waals surface area contributed by atoms with E-state index in [4.69, 9.17) is 17.3 Å². The fourth-order valence-corrected chi connectivity index (χ4v) is 2.56. The third-order valence-corrected chi connectivity index (χ3v) is 3.96. The summed E-state index contributed by atoms with van der Waals surface area (Å²) in [5, 5.41) is 8.03. The van der Waals surface area contributed by atoms with Crippen molar-refractivity contribution in [3.05, 3.63) is 51.8 Å². The van der Waals surface area contributed by atoms with Crippen LogP contribution in [-0.2, 0) is 6.54 Å². The average molecular weight is 371 g/mol. The Bertz CT molecular complexity index is 720. The molecule has 0 spiro atoms. The van der Waals surface area contributed by atoms with E-state index < -0.39 is 5.54 Å². The van der Waals surface area contributed by atoms with Gasteiger partial charge in [0.15, 0.2) is 0 Å². The van der Waals surface area contributed by atoms with E-state index in [-0.39, 0.29) is 18.3 Å². The first-order valence-corrected chi connectivity index (χ1v) is 7.91. The van der Waals surface area contributed by atoms with Crippen molar-refractivity contribution in [3.63, 3.8) is 0 Å². The van der Waals surface area contributed by atoms with Crippen LogP contribution in [0.25, 0.3) is 0 Å². The van der Waals surface area contributed by atoms with Crippen LogP contribution < -0.4 is 11.1 Å². The van der Waals surface area contributed by atoms with Gasteiger partial charge in [0.1, 0.15) is 0 Å². The van der Waals surface area contributed by atoms with Gasteiger partial charge in [0.25, 0.3) is 5.91 Å². The lowest BCUT2D eigenvalue weighted by molar-refractivity contribution is 0.0944. The Morgan fingerprint density at radius 1 is 1.33 bits per heavy atom. The Hall–Kier alpha value is -1.56. The second kappa shape index (κ2) is 8.01. The lowest BCUT2D eigenvalue weighted by Crippen LogP contribution is -2.45. The number of nitrogens with zero attached hydrogens (tertiary/aromatic N) is 2. The summed E-state index contributed by atoms with van der Waals surface area (Å²) in [6, 6.07) is 7.62. The van der Waals surface area contributed by atoms with Crippen LogP contribution in [0, 0.1) is 13.8 Å². The Kier molecular flexibility index (Phi) is 6.84. The summed E-state index contributed by atoms with van der Waals surface area (Å²) in [6.07, 6.45) is 0. The standard InChI is InChI=1S/C17H23ClN4O.ClH/c1-11-15(16(23)20-10-17(3,4)19)12(2)22(21-11)9-13-7-5-6-8-14(13)18;/h5-8H,9-10,19H2,1-4H3,(H,20,23);1H. The third kappa shape index (κ3) is 4.97. The SMILES string of the molecule is Cc1nn(Cc2ccccc2Cl)c(C)c1C(=O)NCC(C)(C)N.Cl. The molecule has 0 saturated carbocycles. The predicted octanol–water partition coefficient (Wildman–Crippen LogP) is 3.09. The van der Waals surface area contributed by atoms with Gasteiger partial charge in [0.2, 0.25) is 0 Å². The number of carbonyl (C=O) groups is 1. The molecule has 0 aliphatic rings. The first-order chi connectivity index (χ1) is 10.7. The van der Waals surface area contributed by atoms with Gasteiger partial charge in [-0.25, -0.2) is 0 Å². The smallest absolute Gasteiger partial charge is 0.255 e. The van der Waals surface area contributed by atoms with E-state index in [1.165, 1.54) is 0 Å². The summed E-state index contributed by atoms with van der Waals surface area (Å²) in [5.41, 5.74) is 8.54. The molecule has 0 aliphatic heterocycles. The molecular formula is C17H24Cl2N4O. The average Bonchev–Trinajstić information content (AvgIpc) is 2.73. The number of nitrogens with two attached hydrogens (primary N) is 1. The van der Waals surface area contributed by atoms with Gasteiger partial charge in [-0.1, -0.05) is 29.8 Å². The maximum absolute atomic E-state index is 12.4. The minimum Gasteiger partial charge on any atom is -0.350 e. The zero-order chi connectivity index (χ0) is 17.2. The molecule has 7 heteroatoms. The van der Waals surface area contributed by atoms with E-state index in [2.05, 4.69) is 10.4 Å². The highest BCUT2D eigenvalue weighted by molar-refractivity contribution is 6.31. The highest BCUT2D eigenvalue weighted by atomic mass is 35.5. The van der Waals surface area contributed by atoms with E-state index in [9.17, 15) is 4.79 Å². The molecule has 2 aromatic rings. The molecule has 0 fully saturated rings. The summed E-state index contributed by atoms with van der Waals surface area (Å²) in [7, 11) is 0. The van der Waals surface area contributed by atoms with Gasteiger partial charge in [-0.3, -0.25) is 9.48 Å². The van der Waals surface area contributed by atoms with E-state index in [1.807, 2.05) is 52.0 Å². The fraction of sp³-hybridized carbons (Fsp3) is 0.412. The Labute approximate surface area is 154 Å². The van der Waals surface area contributed by atoms with Gasteiger partial charge in [0, 0.05) is 22.8 Å². The van der Waals surface area contributed by atoms with Crippen molar-refractivity contribution in [2.24, 2.45) is 5.73 Å². The highest BCUT2D eigenvalue weighted by Gasteiger charge is 2.20. The lowest BCUT2D eigenvalue weighted by Gasteiger charge is -2.18. The van der Waals surface area contributed by atoms with Crippen molar-refractivity contribution < 1.29 is 4.79 Å². The Morgan fingerprint density at radius 3 is 2.54 bits per heavy atom. The number of halogens is 2. The molecule has 0 saturated heterocycles. The minimum absolute atomic E-state index is 0. The van der Waals surface area contributed by atoms with Crippen molar-refractivity contribution in [2.45, 2.75) is 39.8 Å². The van der Waals surface area contributed by atoms with Gasteiger partial charge in [0.05, 0.1) is 17.8 Å². The topological polar surface area (TPSA) is 72.9 Å². The van der Waals surface area contributed by atoms with Crippen LogP contribution >= 0.6 is 24.0 Å². The molecule has 1 heterocycles. The molecule has 0 unspecified atom stereocenters. The van der Waals surface area contributed by atoms with Crippen LogP contribution in [0.2, 0.25) is 5.02 Å². The molecule has 3 N–H and O–H groups in total. The quantitative estimate of drug-likeness (QED) is 0.848. The first-order valence-electron chi connectivity index (χ1n) is 7.53. The summed E-state index contributed by atoms with van der Waals surface area (Å²) in [4.78, 5) is 12.4. The van der Waals surface area contributed by atoms with E-state index in [1.54, 1.807) is 4.68 Å². The van der Waals surface area contributed by atoms with Gasteiger partial charge >= 0.3 is 0 Å². The molecule has 0 bridgehead atoms. The normalized spacial score (nSPS) is 11.1. The fourth-order valence-electron chi connectivity index (χ4n) is 2.36. The molecular weight excluding hydrogens is 347 g/mol. The van der Waals surface area contributed by atoms with Gasteiger partial charge < -0.3 is 11.1 Å². The summed E-state index contributed by atoms with van der Waals surface area (Å²) < 4.78 is 1.80. The number of amides is 1. The summed E-state index contributed by atoms with van der Waals surface area (Å²) >= 11 is 6.20. The third-order valence-electron chi connectivity index (χ3n) is 3.59. The molecule has 1 aromatic heterocycles. The number of hydrogen-bond acceptors (Lipinski definition) is 3. The number of rotatable bonds is 5. The Morgan fingerprint density at radius 2 is 1.96 bits per heavy atom. The van der Waals surface area contributed by atoms with Crippen LogP contribution in [0.3, 0.4) is 0 Å². The summed E-state index contributed by atoms with van der Waals surface area (Å²) in [5.74, 6) is -0.149. The van der Waals surface area contributed by atoms with Gasteiger partial charge in [-0.2, -0.15) is 5.10 Å². The number of carbonyl (C=O) groups excluding carboxylic acids is 1. The molecule has 5 nitrogen and oxygen atoms in total.